The largest absolute Gasteiger partial charge is 0.303 e. The molecule has 3 rings (SSSR count). The zero-order valence-electron chi connectivity index (χ0n) is 12.8. The molecule has 0 aliphatic carbocycles. The van der Waals surface area contributed by atoms with Crippen LogP contribution in [0.25, 0.3) is 0 Å². The van der Waals surface area contributed by atoms with E-state index in [1.807, 2.05) is 6.20 Å². The fraction of sp³-hybridized carbons (Fsp3) is 0.500. The Kier molecular flexibility index (Phi) is 4.71. The third-order valence-electron chi connectivity index (χ3n) is 4.74. The minimum Gasteiger partial charge on any atom is -0.303 e. The molecule has 21 heavy (non-hydrogen) atoms. The van der Waals surface area contributed by atoms with Crippen molar-refractivity contribution in [3.05, 3.63) is 53.9 Å². The Bertz CT molecular complexity index is 521. The number of hydrogen-bond donors (Lipinski definition) is 1. The number of hydrogen-bond acceptors (Lipinski definition) is 2. The van der Waals surface area contributed by atoms with E-state index in [9.17, 15) is 0 Å². The van der Waals surface area contributed by atoms with Crippen molar-refractivity contribution in [2.45, 2.75) is 38.0 Å². The van der Waals surface area contributed by atoms with Crippen LogP contribution < -0.4 is 0 Å². The van der Waals surface area contributed by atoms with Crippen LogP contribution >= 0.6 is 0 Å². The number of rotatable bonds is 5. The average Bonchev–Trinajstić information content (AvgIpc) is 3.08. The lowest BCUT2D eigenvalue weighted by molar-refractivity contribution is 0.202. The van der Waals surface area contributed by atoms with Crippen molar-refractivity contribution >= 4 is 0 Å². The molecule has 1 fully saturated rings. The Morgan fingerprint density at radius 2 is 2.19 bits per heavy atom. The first-order valence-electron chi connectivity index (χ1n) is 8.09. The summed E-state index contributed by atoms with van der Waals surface area (Å²) in [5, 5.41) is 7.04. The molecule has 2 heterocycles. The third kappa shape index (κ3) is 3.73. The summed E-state index contributed by atoms with van der Waals surface area (Å²) in [7, 11) is 0. The minimum absolute atomic E-state index is 0.639. The predicted octanol–water partition coefficient (Wildman–Crippen LogP) is 3.78. The van der Waals surface area contributed by atoms with Crippen molar-refractivity contribution in [3.8, 4) is 0 Å². The average molecular weight is 283 g/mol. The van der Waals surface area contributed by atoms with Gasteiger partial charge in [-0.25, -0.2) is 0 Å². The van der Waals surface area contributed by atoms with Crippen LogP contribution in [0.15, 0.2) is 42.7 Å². The van der Waals surface area contributed by atoms with E-state index >= 15 is 0 Å². The van der Waals surface area contributed by atoms with Gasteiger partial charge in [-0.15, -0.1) is 0 Å². The summed E-state index contributed by atoms with van der Waals surface area (Å²) in [6.07, 6.45) is 7.88. The van der Waals surface area contributed by atoms with Gasteiger partial charge in [0.25, 0.3) is 0 Å². The maximum Gasteiger partial charge on any atom is 0.0522 e. The molecule has 1 N–H and O–H groups in total. The van der Waals surface area contributed by atoms with Gasteiger partial charge in [-0.2, -0.15) is 5.10 Å². The zero-order valence-corrected chi connectivity index (χ0v) is 12.8. The number of H-pyrrole nitrogens is 1. The number of benzene rings is 1. The van der Waals surface area contributed by atoms with Crippen molar-refractivity contribution in [3.63, 3.8) is 0 Å². The van der Waals surface area contributed by atoms with E-state index in [-0.39, 0.29) is 0 Å². The summed E-state index contributed by atoms with van der Waals surface area (Å²) in [6.45, 7) is 5.97. The van der Waals surface area contributed by atoms with Gasteiger partial charge in [0.15, 0.2) is 0 Å². The van der Waals surface area contributed by atoms with Gasteiger partial charge in [0, 0.05) is 12.7 Å². The highest BCUT2D eigenvalue weighted by atomic mass is 15.1. The molecule has 2 atom stereocenters. The van der Waals surface area contributed by atoms with E-state index in [1.54, 1.807) is 0 Å². The maximum atomic E-state index is 4.09. The van der Waals surface area contributed by atoms with E-state index in [4.69, 9.17) is 0 Å². The first-order chi connectivity index (χ1) is 10.3. The molecule has 0 radical (unpaired) electrons. The van der Waals surface area contributed by atoms with E-state index in [0.29, 0.717) is 11.8 Å². The molecule has 1 aromatic carbocycles. The molecule has 1 aliphatic rings. The second-order valence-corrected chi connectivity index (χ2v) is 6.27. The number of nitrogens with zero attached hydrogens (tertiary/aromatic N) is 2. The van der Waals surface area contributed by atoms with Crippen LogP contribution in [0.3, 0.4) is 0 Å². The van der Waals surface area contributed by atoms with Crippen molar-refractivity contribution in [2.75, 3.05) is 19.6 Å². The van der Waals surface area contributed by atoms with Gasteiger partial charge in [-0.1, -0.05) is 37.3 Å². The van der Waals surface area contributed by atoms with Crippen LogP contribution in [0.4, 0.5) is 0 Å². The third-order valence-corrected chi connectivity index (χ3v) is 4.74. The van der Waals surface area contributed by atoms with Crippen molar-refractivity contribution in [2.24, 2.45) is 0 Å². The fourth-order valence-electron chi connectivity index (χ4n) is 3.34. The molecule has 0 saturated carbocycles. The molecular weight excluding hydrogens is 258 g/mol. The van der Waals surface area contributed by atoms with Crippen LogP contribution in [0.1, 0.15) is 49.1 Å². The normalized spacial score (nSPS) is 21.3. The molecule has 112 valence electrons. The molecule has 2 aromatic rings. The highest BCUT2D eigenvalue weighted by molar-refractivity contribution is 5.18. The monoisotopic (exact) mass is 283 g/mol. The molecule has 0 spiro atoms. The number of aromatic nitrogens is 2. The van der Waals surface area contributed by atoms with Gasteiger partial charge in [-0.05, 0) is 55.3 Å². The molecule has 0 unspecified atom stereocenters. The quantitative estimate of drug-likeness (QED) is 0.905. The highest BCUT2D eigenvalue weighted by Crippen LogP contribution is 2.27. The molecule has 1 saturated heterocycles. The topological polar surface area (TPSA) is 31.9 Å². The summed E-state index contributed by atoms with van der Waals surface area (Å²) < 4.78 is 0. The predicted molar refractivity (Wildman–Crippen MR) is 86.5 cm³/mol. The van der Waals surface area contributed by atoms with Crippen LogP contribution in [0.5, 0.6) is 0 Å². The van der Waals surface area contributed by atoms with Gasteiger partial charge in [0.2, 0.25) is 0 Å². The fourth-order valence-corrected chi connectivity index (χ4v) is 3.34. The molecule has 0 amide bonds. The number of nitrogens with one attached hydrogen (secondary N) is 1. The Morgan fingerprint density at radius 3 is 2.95 bits per heavy atom. The second kappa shape index (κ2) is 6.90. The Morgan fingerprint density at radius 1 is 1.33 bits per heavy atom. The van der Waals surface area contributed by atoms with E-state index < -0.39 is 0 Å². The van der Waals surface area contributed by atoms with Crippen LogP contribution in [-0.4, -0.2) is 34.7 Å². The number of piperidine rings is 1. The molecule has 1 aromatic heterocycles. The number of aromatic amines is 1. The van der Waals surface area contributed by atoms with Gasteiger partial charge < -0.3 is 4.90 Å². The first-order valence-corrected chi connectivity index (χ1v) is 8.09. The lowest BCUT2D eigenvalue weighted by atomic mass is 9.92. The summed E-state index contributed by atoms with van der Waals surface area (Å²) in [6, 6.07) is 10.9. The smallest absolute Gasteiger partial charge is 0.0522 e. The van der Waals surface area contributed by atoms with Crippen molar-refractivity contribution < 1.29 is 0 Å². The van der Waals surface area contributed by atoms with Crippen LogP contribution in [-0.2, 0) is 0 Å². The lowest BCUT2D eigenvalue weighted by Crippen LogP contribution is -2.35. The van der Waals surface area contributed by atoms with E-state index in [1.165, 1.54) is 50.0 Å². The summed E-state index contributed by atoms with van der Waals surface area (Å²) >= 11 is 0. The van der Waals surface area contributed by atoms with Crippen LogP contribution in [0, 0.1) is 0 Å². The second-order valence-electron chi connectivity index (χ2n) is 6.27. The van der Waals surface area contributed by atoms with E-state index in [0.717, 1.165) is 0 Å². The van der Waals surface area contributed by atoms with Gasteiger partial charge >= 0.3 is 0 Å². The molecule has 3 nitrogen and oxygen atoms in total. The summed E-state index contributed by atoms with van der Waals surface area (Å²) in [4.78, 5) is 2.63. The molecule has 3 heteroatoms. The van der Waals surface area contributed by atoms with Crippen molar-refractivity contribution in [1.82, 2.24) is 15.1 Å². The maximum absolute atomic E-state index is 4.09. The molecular formula is C18H25N3. The Hall–Kier alpha value is -1.61. The molecule has 1 aliphatic heterocycles. The number of likely N-dealkylation sites (tertiary alicyclic amines) is 1. The highest BCUT2D eigenvalue weighted by Gasteiger charge is 2.22. The lowest BCUT2D eigenvalue weighted by Gasteiger charge is -2.33. The Labute approximate surface area is 127 Å². The summed E-state index contributed by atoms with van der Waals surface area (Å²) in [5.41, 5.74) is 2.83. The zero-order chi connectivity index (χ0) is 14.5. The van der Waals surface area contributed by atoms with Gasteiger partial charge in [0.05, 0.1) is 6.20 Å². The molecule has 0 bridgehead atoms. The van der Waals surface area contributed by atoms with Gasteiger partial charge in [-0.3, -0.25) is 5.10 Å². The Balaban J connectivity index is 1.51. The minimum atomic E-state index is 0.639. The van der Waals surface area contributed by atoms with Gasteiger partial charge in [0.1, 0.15) is 0 Å². The summed E-state index contributed by atoms with van der Waals surface area (Å²) in [5.74, 6) is 1.30. The van der Waals surface area contributed by atoms with Crippen LogP contribution in [0.2, 0.25) is 0 Å². The van der Waals surface area contributed by atoms with E-state index in [2.05, 4.69) is 58.5 Å². The first kappa shape index (κ1) is 14.3. The van der Waals surface area contributed by atoms with Crippen molar-refractivity contribution in [1.29, 1.82) is 0 Å². The standard InChI is InChI=1S/C18H25N3/c1-15(16-6-3-2-4-7-16)9-11-21-10-5-8-17(14-21)18-12-19-20-13-18/h2-4,6-7,12-13,15,17H,5,8-11,14H2,1H3,(H,19,20)/t15-,17-/m0/s1. The SMILES string of the molecule is C[C@@H](CCN1CCC[C@H](c2cn[nH]c2)C1)c1ccccc1.